The molecule has 0 amide bonds. The fraction of sp³-hybridized carbons (Fsp3) is 1.00. The average molecular weight is 228 g/mol. The van der Waals surface area contributed by atoms with Crippen molar-refractivity contribution >= 4 is 0 Å². The van der Waals surface area contributed by atoms with Gasteiger partial charge < -0.3 is 4.74 Å². The van der Waals surface area contributed by atoms with Crippen LogP contribution in [0.2, 0.25) is 0 Å². The van der Waals surface area contributed by atoms with Gasteiger partial charge in [-0.05, 0) is 18.8 Å². The van der Waals surface area contributed by atoms with Crippen LogP contribution < -0.4 is 0 Å². The zero-order valence-electron chi connectivity index (χ0n) is 11.8. The van der Waals surface area contributed by atoms with Gasteiger partial charge in [-0.15, -0.1) is 0 Å². The van der Waals surface area contributed by atoms with Crippen molar-refractivity contribution in [3.8, 4) is 0 Å². The minimum absolute atomic E-state index is 0.919. The molecule has 0 heterocycles. The first-order valence-corrected chi connectivity index (χ1v) is 7.39. The summed E-state index contributed by atoms with van der Waals surface area (Å²) < 4.78 is 5.48. The highest BCUT2D eigenvalue weighted by Gasteiger charge is 2.01. The Morgan fingerprint density at radius 1 is 0.750 bits per heavy atom. The van der Waals surface area contributed by atoms with Crippen LogP contribution in [0.1, 0.15) is 78.6 Å². The molecule has 1 unspecified atom stereocenters. The fourth-order valence-electron chi connectivity index (χ4n) is 2.01. The average Bonchev–Trinajstić information content (AvgIpc) is 2.29. The van der Waals surface area contributed by atoms with Gasteiger partial charge in [-0.3, -0.25) is 0 Å². The first-order chi connectivity index (χ1) is 7.81. The van der Waals surface area contributed by atoms with Crippen LogP contribution in [-0.4, -0.2) is 13.2 Å². The van der Waals surface area contributed by atoms with Crippen LogP contribution in [0.4, 0.5) is 0 Å². The lowest BCUT2D eigenvalue weighted by molar-refractivity contribution is 0.129. The lowest BCUT2D eigenvalue weighted by Gasteiger charge is -2.10. The third-order valence-corrected chi connectivity index (χ3v) is 3.13. The number of ether oxygens (including phenoxy) is 1. The summed E-state index contributed by atoms with van der Waals surface area (Å²) in [6.45, 7) is 8.75. The summed E-state index contributed by atoms with van der Waals surface area (Å²) in [7, 11) is 0. The summed E-state index contributed by atoms with van der Waals surface area (Å²) in [4.78, 5) is 0. The smallest absolute Gasteiger partial charge is 0.0466 e. The van der Waals surface area contributed by atoms with Crippen molar-refractivity contribution < 1.29 is 4.74 Å². The van der Waals surface area contributed by atoms with Gasteiger partial charge >= 0.3 is 0 Å². The summed E-state index contributed by atoms with van der Waals surface area (Å²) in [5.74, 6) is 0.919. The summed E-state index contributed by atoms with van der Waals surface area (Å²) in [5.41, 5.74) is 0. The summed E-state index contributed by atoms with van der Waals surface area (Å²) >= 11 is 0. The standard InChI is InChI=1S/C15H32O/c1-4-6-7-8-11-15(3)12-9-10-14-16-13-5-2/h15H,4-14H2,1-3H3. The van der Waals surface area contributed by atoms with Crippen LogP contribution in [0.5, 0.6) is 0 Å². The van der Waals surface area contributed by atoms with Gasteiger partial charge in [-0.2, -0.15) is 0 Å². The van der Waals surface area contributed by atoms with Crippen molar-refractivity contribution in [1.29, 1.82) is 0 Å². The molecule has 0 rings (SSSR count). The highest BCUT2D eigenvalue weighted by Crippen LogP contribution is 2.16. The maximum atomic E-state index is 5.48. The number of hydrogen-bond donors (Lipinski definition) is 0. The molecule has 1 heteroatoms. The normalized spacial score (nSPS) is 12.9. The van der Waals surface area contributed by atoms with Gasteiger partial charge in [0.1, 0.15) is 0 Å². The predicted octanol–water partition coefficient (Wildman–Crippen LogP) is 5.19. The molecule has 0 aliphatic rings. The van der Waals surface area contributed by atoms with Gasteiger partial charge in [-0.25, -0.2) is 0 Å². The van der Waals surface area contributed by atoms with E-state index in [0.29, 0.717) is 0 Å². The third-order valence-electron chi connectivity index (χ3n) is 3.13. The first-order valence-electron chi connectivity index (χ1n) is 7.39. The highest BCUT2D eigenvalue weighted by atomic mass is 16.5. The number of rotatable bonds is 12. The van der Waals surface area contributed by atoms with Crippen molar-refractivity contribution in [2.24, 2.45) is 5.92 Å². The van der Waals surface area contributed by atoms with E-state index in [9.17, 15) is 0 Å². The molecular formula is C15H32O. The van der Waals surface area contributed by atoms with E-state index in [0.717, 1.165) is 25.6 Å². The SMILES string of the molecule is CCCCCCC(C)CCCCOCCC. The summed E-state index contributed by atoms with van der Waals surface area (Å²) in [6.07, 6.45) is 12.2. The molecule has 0 saturated heterocycles. The van der Waals surface area contributed by atoms with Crippen molar-refractivity contribution in [3.05, 3.63) is 0 Å². The minimum atomic E-state index is 0.919. The second-order valence-electron chi connectivity index (χ2n) is 5.06. The van der Waals surface area contributed by atoms with Gasteiger partial charge in [0.15, 0.2) is 0 Å². The van der Waals surface area contributed by atoms with Gasteiger partial charge in [0, 0.05) is 13.2 Å². The van der Waals surface area contributed by atoms with E-state index in [1.807, 2.05) is 0 Å². The van der Waals surface area contributed by atoms with Crippen LogP contribution in [0.25, 0.3) is 0 Å². The predicted molar refractivity (Wildman–Crippen MR) is 72.9 cm³/mol. The Kier molecular flexibility index (Phi) is 13.0. The zero-order valence-corrected chi connectivity index (χ0v) is 11.8. The Balaban J connectivity index is 3.08. The van der Waals surface area contributed by atoms with Crippen LogP contribution in [0, 0.1) is 5.92 Å². The largest absolute Gasteiger partial charge is 0.381 e. The van der Waals surface area contributed by atoms with E-state index < -0.39 is 0 Å². The maximum Gasteiger partial charge on any atom is 0.0466 e. The molecule has 0 aromatic heterocycles. The van der Waals surface area contributed by atoms with Gasteiger partial charge in [0.05, 0.1) is 0 Å². The molecule has 0 fully saturated rings. The second kappa shape index (κ2) is 13.0. The van der Waals surface area contributed by atoms with E-state index in [1.165, 1.54) is 51.4 Å². The molecule has 16 heavy (non-hydrogen) atoms. The van der Waals surface area contributed by atoms with E-state index in [4.69, 9.17) is 4.74 Å². The molecule has 98 valence electrons. The van der Waals surface area contributed by atoms with E-state index in [-0.39, 0.29) is 0 Å². The van der Waals surface area contributed by atoms with Crippen LogP contribution in [0.15, 0.2) is 0 Å². The molecule has 0 aliphatic heterocycles. The first kappa shape index (κ1) is 16.0. The monoisotopic (exact) mass is 228 g/mol. The van der Waals surface area contributed by atoms with E-state index in [1.54, 1.807) is 0 Å². The fourth-order valence-corrected chi connectivity index (χ4v) is 2.01. The highest BCUT2D eigenvalue weighted by molar-refractivity contribution is 4.54. The second-order valence-corrected chi connectivity index (χ2v) is 5.06. The van der Waals surface area contributed by atoms with Crippen LogP contribution >= 0.6 is 0 Å². The maximum absolute atomic E-state index is 5.48. The molecule has 1 nitrogen and oxygen atoms in total. The Morgan fingerprint density at radius 2 is 1.44 bits per heavy atom. The summed E-state index contributed by atoms with van der Waals surface area (Å²) in [5, 5.41) is 0. The topological polar surface area (TPSA) is 9.23 Å². The van der Waals surface area contributed by atoms with Gasteiger partial charge in [0.25, 0.3) is 0 Å². The van der Waals surface area contributed by atoms with E-state index >= 15 is 0 Å². The Morgan fingerprint density at radius 3 is 2.06 bits per heavy atom. The number of unbranched alkanes of at least 4 members (excludes halogenated alkanes) is 4. The lowest BCUT2D eigenvalue weighted by Crippen LogP contribution is -1.99. The zero-order chi connectivity index (χ0) is 12.1. The molecule has 0 radical (unpaired) electrons. The minimum Gasteiger partial charge on any atom is -0.381 e. The molecular weight excluding hydrogens is 196 g/mol. The molecule has 0 aromatic carbocycles. The lowest BCUT2D eigenvalue weighted by atomic mass is 9.97. The molecule has 1 atom stereocenters. The van der Waals surface area contributed by atoms with Crippen LogP contribution in [-0.2, 0) is 4.74 Å². The summed E-state index contributed by atoms with van der Waals surface area (Å²) in [6, 6.07) is 0. The Bertz CT molecular complexity index is 123. The van der Waals surface area contributed by atoms with E-state index in [2.05, 4.69) is 20.8 Å². The Labute approximate surface area is 103 Å². The van der Waals surface area contributed by atoms with Gasteiger partial charge in [-0.1, -0.05) is 65.7 Å². The van der Waals surface area contributed by atoms with Crippen molar-refractivity contribution in [2.45, 2.75) is 78.6 Å². The molecule has 0 saturated carbocycles. The third kappa shape index (κ3) is 12.0. The molecule has 0 spiro atoms. The molecule has 0 N–H and O–H groups in total. The molecule has 0 bridgehead atoms. The van der Waals surface area contributed by atoms with Crippen molar-refractivity contribution in [2.75, 3.05) is 13.2 Å². The molecule has 0 aromatic rings. The number of hydrogen-bond acceptors (Lipinski definition) is 1. The quantitative estimate of drug-likeness (QED) is 0.418. The van der Waals surface area contributed by atoms with Crippen molar-refractivity contribution in [1.82, 2.24) is 0 Å². The van der Waals surface area contributed by atoms with Gasteiger partial charge in [0.2, 0.25) is 0 Å². The Hall–Kier alpha value is -0.0400. The molecule has 0 aliphatic carbocycles. The van der Waals surface area contributed by atoms with Crippen LogP contribution in [0.3, 0.4) is 0 Å². The van der Waals surface area contributed by atoms with Crippen molar-refractivity contribution in [3.63, 3.8) is 0 Å².